The first-order valence-electron chi connectivity index (χ1n) is 11.3. The first kappa shape index (κ1) is 22.6. The van der Waals surface area contributed by atoms with Gasteiger partial charge in [-0.15, -0.1) is 11.8 Å². The van der Waals surface area contributed by atoms with E-state index in [-0.39, 0.29) is 53.7 Å². The van der Waals surface area contributed by atoms with Crippen LogP contribution in [0.1, 0.15) is 27.2 Å². The number of rotatable bonds is 1. The van der Waals surface area contributed by atoms with Crippen molar-refractivity contribution in [1.82, 2.24) is 14.5 Å². The number of nitrogens with zero attached hydrogens (tertiary/aromatic N) is 3. The molecule has 0 bridgehead atoms. The van der Waals surface area contributed by atoms with E-state index >= 15 is 4.39 Å². The Balaban J connectivity index is 1.59. The number of thioether (sulfide) groups is 1. The van der Waals surface area contributed by atoms with E-state index in [0.29, 0.717) is 5.56 Å². The molecule has 0 spiro atoms. The molecule has 6 rings (SSSR count). The fraction of sp³-hybridized carbons (Fsp3) is 0.240. The first-order valence-corrected chi connectivity index (χ1v) is 12.2. The molecule has 2 aromatic carbocycles. The number of halogens is 2. The maximum Gasteiger partial charge on any atom is 0.278 e. The number of pyridine rings is 1. The van der Waals surface area contributed by atoms with Crippen LogP contribution in [-0.2, 0) is 17.0 Å². The zero-order valence-electron chi connectivity index (χ0n) is 19.0. The van der Waals surface area contributed by atoms with Crippen LogP contribution in [0.3, 0.4) is 0 Å². The van der Waals surface area contributed by atoms with E-state index in [2.05, 4.69) is 5.43 Å². The third-order valence-corrected chi connectivity index (χ3v) is 8.05. The van der Waals surface area contributed by atoms with Gasteiger partial charge in [0.15, 0.2) is 23.1 Å². The molecule has 3 aliphatic rings. The summed E-state index contributed by atoms with van der Waals surface area (Å²) >= 11 is 1.40. The van der Waals surface area contributed by atoms with E-state index in [4.69, 9.17) is 0 Å². The molecule has 0 saturated carbocycles. The molecule has 1 fully saturated rings. The number of amides is 2. The Bertz CT molecular complexity index is 1540. The number of aromatic nitrogens is 1. The minimum Gasteiger partial charge on any atom is -0.502 e. The van der Waals surface area contributed by atoms with E-state index in [0.717, 1.165) is 22.6 Å². The van der Waals surface area contributed by atoms with E-state index in [1.54, 1.807) is 7.05 Å². The van der Waals surface area contributed by atoms with Crippen LogP contribution in [0.4, 0.5) is 8.78 Å². The molecule has 1 aromatic heterocycles. The Morgan fingerprint density at radius 1 is 1.11 bits per heavy atom. The maximum atomic E-state index is 15.0. The van der Waals surface area contributed by atoms with E-state index in [1.165, 1.54) is 26.2 Å². The second-order valence-electron chi connectivity index (χ2n) is 9.03. The van der Waals surface area contributed by atoms with E-state index in [1.807, 2.05) is 24.3 Å². The summed E-state index contributed by atoms with van der Waals surface area (Å²) in [6.07, 6.45) is -0.357. The van der Waals surface area contributed by atoms with Gasteiger partial charge >= 0.3 is 0 Å². The fourth-order valence-corrected chi connectivity index (χ4v) is 6.10. The normalized spacial score (nSPS) is 18.6. The number of piperazine rings is 1. The van der Waals surface area contributed by atoms with Gasteiger partial charge in [0, 0.05) is 34.9 Å². The molecule has 3 aromatic rings. The third-order valence-electron chi connectivity index (χ3n) is 6.91. The summed E-state index contributed by atoms with van der Waals surface area (Å²) in [6.45, 7) is -0.0598. The molecule has 8 nitrogen and oxygen atoms in total. The lowest BCUT2D eigenvalue weighted by atomic mass is 9.92. The van der Waals surface area contributed by atoms with Gasteiger partial charge in [-0.2, -0.15) is 0 Å². The van der Waals surface area contributed by atoms with Crippen molar-refractivity contribution in [3.8, 4) is 17.0 Å². The van der Waals surface area contributed by atoms with Crippen LogP contribution in [0.25, 0.3) is 11.3 Å². The van der Waals surface area contributed by atoms with Gasteiger partial charge in [-0.1, -0.05) is 18.2 Å². The topological polar surface area (TPSA) is 94.9 Å². The van der Waals surface area contributed by atoms with Crippen molar-refractivity contribution in [2.45, 2.75) is 23.2 Å². The molecule has 4 heterocycles. The second kappa shape index (κ2) is 8.09. The molecule has 3 aliphatic heterocycles. The predicted octanol–water partition coefficient (Wildman–Crippen LogP) is 2.49. The fourth-order valence-electron chi connectivity index (χ4n) is 5.00. The summed E-state index contributed by atoms with van der Waals surface area (Å²) in [5, 5.41) is 10.6. The van der Waals surface area contributed by atoms with Crippen molar-refractivity contribution in [3.05, 3.63) is 80.6 Å². The number of likely N-dealkylation sites (N-methyl/N-ethyl adjacent to an activating group) is 1. The molecule has 36 heavy (non-hydrogen) atoms. The van der Waals surface area contributed by atoms with Crippen molar-refractivity contribution < 1.29 is 23.5 Å². The highest BCUT2D eigenvalue weighted by atomic mass is 32.2. The third kappa shape index (κ3) is 3.29. The van der Waals surface area contributed by atoms with Gasteiger partial charge in [-0.05, 0) is 29.7 Å². The van der Waals surface area contributed by atoms with Gasteiger partial charge in [0.05, 0.1) is 12.2 Å². The van der Waals surface area contributed by atoms with Crippen LogP contribution in [0, 0.1) is 11.6 Å². The predicted molar refractivity (Wildman–Crippen MR) is 128 cm³/mol. The van der Waals surface area contributed by atoms with Gasteiger partial charge in [0.1, 0.15) is 12.7 Å². The van der Waals surface area contributed by atoms with Gasteiger partial charge in [0.25, 0.3) is 5.91 Å². The lowest BCUT2D eigenvalue weighted by molar-refractivity contribution is -0.135. The molecule has 184 valence electrons. The van der Waals surface area contributed by atoms with Crippen LogP contribution in [0.15, 0.2) is 46.1 Å². The molecular weight excluding hydrogens is 490 g/mol. The van der Waals surface area contributed by atoms with Crippen LogP contribution in [0.5, 0.6) is 5.75 Å². The van der Waals surface area contributed by atoms with Gasteiger partial charge in [-0.25, -0.2) is 13.5 Å². The number of hydrogen-bond donors (Lipinski definition) is 2. The zero-order valence-corrected chi connectivity index (χ0v) is 19.9. The summed E-state index contributed by atoms with van der Waals surface area (Å²) in [5.41, 5.74) is 3.89. The smallest absolute Gasteiger partial charge is 0.278 e. The Morgan fingerprint density at radius 2 is 1.89 bits per heavy atom. The number of carbonyl (C=O) groups excluding carboxylic acids is 2. The summed E-state index contributed by atoms with van der Waals surface area (Å²) in [7, 11) is 1.61. The van der Waals surface area contributed by atoms with Crippen molar-refractivity contribution in [3.63, 3.8) is 0 Å². The molecule has 0 unspecified atom stereocenters. The highest BCUT2D eigenvalue weighted by molar-refractivity contribution is 7.98. The summed E-state index contributed by atoms with van der Waals surface area (Å²) in [6, 6.07) is 9.72. The van der Waals surface area contributed by atoms with Gasteiger partial charge in [0.2, 0.25) is 11.3 Å². The minimum absolute atomic E-state index is 0.125. The largest absolute Gasteiger partial charge is 0.502 e. The number of fused-ring (bicyclic) bond motifs is 4. The number of aromatic hydroxyl groups is 1. The SMILES string of the molecule is CN1C[C@H]2Nn3c(-c4cc(F)c(F)c5c4Cc4ccccc4SC5)cc(=O)c(O)c3C(=O)N2CC1=O. The standard InChI is InChI=1S/C25H20F2N4O4S/c1-29-9-20-28-31-17(8-18(32)24(34)23(31)25(35)30(20)10-21(29)33)14-7-16(26)22(27)15-11-36-19-5-3-2-4-12(19)6-13(14)15/h2-5,7-8,20,28,34H,6,9-11H2,1H3/t20-/m0/s1. The lowest BCUT2D eigenvalue weighted by Crippen LogP contribution is -2.64. The monoisotopic (exact) mass is 510 g/mol. The van der Waals surface area contributed by atoms with Crippen LogP contribution in [-0.4, -0.2) is 57.7 Å². The Kier molecular flexibility index (Phi) is 5.08. The van der Waals surface area contributed by atoms with E-state index in [9.17, 15) is 23.9 Å². The summed E-state index contributed by atoms with van der Waals surface area (Å²) in [5.74, 6) is -3.60. The maximum absolute atomic E-state index is 15.0. The Hall–Kier alpha value is -3.86. The summed E-state index contributed by atoms with van der Waals surface area (Å²) < 4.78 is 31.2. The molecule has 0 aliphatic carbocycles. The van der Waals surface area contributed by atoms with Crippen LogP contribution >= 0.6 is 11.8 Å². The number of nitrogens with one attached hydrogen (secondary N) is 1. The molecule has 2 N–H and O–H groups in total. The van der Waals surface area contributed by atoms with Crippen molar-refractivity contribution in [2.75, 3.05) is 25.6 Å². The Morgan fingerprint density at radius 3 is 2.69 bits per heavy atom. The van der Waals surface area contributed by atoms with Crippen LogP contribution < -0.4 is 10.9 Å². The second-order valence-corrected chi connectivity index (χ2v) is 10.0. The molecular formula is C25H20F2N4O4S. The first-order chi connectivity index (χ1) is 17.2. The van der Waals surface area contributed by atoms with Crippen molar-refractivity contribution in [1.29, 1.82) is 0 Å². The average molecular weight is 511 g/mol. The van der Waals surface area contributed by atoms with Crippen LogP contribution in [0.2, 0.25) is 0 Å². The zero-order chi connectivity index (χ0) is 25.3. The quantitative estimate of drug-likeness (QED) is 0.523. The molecule has 0 radical (unpaired) electrons. The van der Waals surface area contributed by atoms with Crippen molar-refractivity contribution >= 4 is 23.6 Å². The minimum atomic E-state index is -1.07. The summed E-state index contributed by atoms with van der Waals surface area (Å²) in [4.78, 5) is 42.0. The number of hydrogen-bond acceptors (Lipinski definition) is 6. The molecule has 1 saturated heterocycles. The molecule has 11 heteroatoms. The highest BCUT2D eigenvalue weighted by Gasteiger charge is 2.41. The number of benzene rings is 2. The molecule has 2 amide bonds. The molecule has 1 atom stereocenters. The Labute approximate surface area is 208 Å². The average Bonchev–Trinajstić information content (AvgIpc) is 3.05. The highest BCUT2D eigenvalue weighted by Crippen LogP contribution is 2.40. The van der Waals surface area contributed by atoms with E-state index < -0.39 is 34.9 Å². The van der Waals surface area contributed by atoms with Gasteiger partial charge < -0.3 is 20.3 Å². The lowest BCUT2D eigenvalue weighted by Gasteiger charge is -2.44. The number of carbonyl (C=O) groups is 2. The van der Waals surface area contributed by atoms with Crippen molar-refractivity contribution in [2.24, 2.45) is 0 Å². The van der Waals surface area contributed by atoms with Gasteiger partial charge in [-0.3, -0.25) is 14.4 Å².